The molecular formula is C8H20Si. The monoisotopic (exact) mass is 144 g/mol. The van der Waals surface area contributed by atoms with Crippen LogP contribution < -0.4 is 0 Å². The average molecular weight is 144 g/mol. The first-order valence-electron chi connectivity index (χ1n) is 4.06. The maximum absolute atomic E-state index is 2.45. The van der Waals surface area contributed by atoms with Crippen molar-refractivity contribution in [2.24, 2.45) is 0 Å². The molecule has 0 spiro atoms. The van der Waals surface area contributed by atoms with Crippen LogP contribution in [0.2, 0.25) is 18.1 Å². The van der Waals surface area contributed by atoms with Gasteiger partial charge in [0.1, 0.15) is 0 Å². The molecular weight excluding hydrogens is 124 g/mol. The Hall–Kier alpha value is 0.217. The first kappa shape index (κ1) is 9.22. The van der Waals surface area contributed by atoms with Gasteiger partial charge in [-0.25, -0.2) is 0 Å². The summed E-state index contributed by atoms with van der Waals surface area (Å²) in [5, 5.41) is 0.722. The molecule has 0 saturated carbocycles. The van der Waals surface area contributed by atoms with Crippen LogP contribution in [0.15, 0.2) is 0 Å². The molecule has 0 rings (SSSR count). The van der Waals surface area contributed by atoms with Crippen molar-refractivity contribution in [2.75, 3.05) is 0 Å². The Morgan fingerprint density at radius 1 is 1.11 bits per heavy atom. The van der Waals surface area contributed by atoms with Gasteiger partial charge in [0.2, 0.25) is 0 Å². The summed E-state index contributed by atoms with van der Waals surface area (Å²) in [4.78, 5) is 0. The lowest BCUT2D eigenvalue weighted by Crippen LogP contribution is -2.22. The molecule has 0 saturated heterocycles. The Balaban J connectivity index is 3.92. The van der Waals surface area contributed by atoms with Gasteiger partial charge in [0.05, 0.1) is 0 Å². The third-order valence-electron chi connectivity index (χ3n) is 3.01. The summed E-state index contributed by atoms with van der Waals surface area (Å²) in [5.74, 6) is 0. The molecule has 0 atom stereocenters. The zero-order chi connectivity index (χ0) is 7.49. The van der Waals surface area contributed by atoms with Crippen LogP contribution in [0.3, 0.4) is 0 Å². The van der Waals surface area contributed by atoms with Crippen LogP contribution in [0.5, 0.6) is 0 Å². The van der Waals surface area contributed by atoms with Crippen molar-refractivity contribution >= 4 is 8.80 Å². The van der Waals surface area contributed by atoms with Crippen LogP contribution in [0.1, 0.15) is 33.6 Å². The Bertz CT molecular complexity index is 72.6. The van der Waals surface area contributed by atoms with Crippen molar-refractivity contribution in [3.8, 4) is 0 Å². The summed E-state index contributed by atoms with van der Waals surface area (Å²) in [7, 11) is -0.400. The second kappa shape index (κ2) is 3.40. The molecule has 0 N–H and O–H groups in total. The van der Waals surface area contributed by atoms with Crippen molar-refractivity contribution in [1.82, 2.24) is 0 Å². The average Bonchev–Trinajstić information content (AvgIpc) is 1.86. The lowest BCUT2D eigenvalue weighted by molar-refractivity contribution is 0.555. The van der Waals surface area contributed by atoms with E-state index in [0.717, 1.165) is 5.04 Å². The molecule has 1 heteroatoms. The topological polar surface area (TPSA) is 0 Å². The molecule has 0 fully saturated rings. The van der Waals surface area contributed by atoms with Gasteiger partial charge >= 0.3 is 0 Å². The normalized spacial score (nSPS) is 12.7. The molecule has 0 aromatic carbocycles. The molecule has 9 heavy (non-hydrogen) atoms. The van der Waals surface area contributed by atoms with Gasteiger partial charge in [-0.15, -0.1) is 0 Å². The van der Waals surface area contributed by atoms with E-state index in [4.69, 9.17) is 0 Å². The van der Waals surface area contributed by atoms with Crippen LogP contribution in [-0.2, 0) is 0 Å². The molecule has 0 heterocycles. The van der Waals surface area contributed by atoms with Crippen LogP contribution in [-0.4, -0.2) is 8.80 Å². The highest BCUT2D eigenvalue weighted by molar-refractivity contribution is 6.59. The van der Waals surface area contributed by atoms with E-state index < -0.39 is 8.80 Å². The van der Waals surface area contributed by atoms with E-state index in [1.807, 2.05) is 0 Å². The van der Waals surface area contributed by atoms with Crippen LogP contribution in [0, 0.1) is 0 Å². The van der Waals surface area contributed by atoms with Gasteiger partial charge < -0.3 is 0 Å². The van der Waals surface area contributed by atoms with E-state index in [1.165, 1.54) is 12.8 Å². The van der Waals surface area contributed by atoms with Crippen molar-refractivity contribution in [3.63, 3.8) is 0 Å². The third kappa shape index (κ3) is 2.13. The van der Waals surface area contributed by atoms with Gasteiger partial charge in [-0.2, -0.15) is 0 Å². The number of hydrogen-bond acceptors (Lipinski definition) is 0. The first-order valence-corrected chi connectivity index (χ1v) is 6.95. The Labute approximate surface area is 61.3 Å². The molecule has 0 aromatic rings. The highest BCUT2D eigenvalue weighted by atomic mass is 28.3. The van der Waals surface area contributed by atoms with Crippen molar-refractivity contribution in [1.29, 1.82) is 0 Å². The summed E-state index contributed by atoms with van der Waals surface area (Å²) in [5.41, 5.74) is 0. The van der Waals surface area contributed by atoms with Crippen molar-refractivity contribution < 1.29 is 0 Å². The Morgan fingerprint density at radius 3 is 1.44 bits per heavy atom. The maximum atomic E-state index is 2.45. The highest BCUT2D eigenvalue weighted by Gasteiger charge is 2.24. The van der Waals surface area contributed by atoms with Gasteiger partial charge in [-0.1, -0.05) is 46.7 Å². The smallest absolute Gasteiger partial charge is 0.0368 e. The zero-order valence-corrected chi connectivity index (χ0v) is 8.65. The minimum absolute atomic E-state index is 0.400. The SMILES string of the molecule is CCC(C)(CC)[SiH](C)C. The molecule has 0 nitrogen and oxygen atoms in total. The standard InChI is InChI=1S/C8H20Si/c1-6-8(3,7-2)9(4)5/h9H,6-7H2,1-5H3. The molecule has 56 valence electrons. The van der Waals surface area contributed by atoms with E-state index in [0.29, 0.717) is 0 Å². The lowest BCUT2D eigenvalue weighted by Gasteiger charge is -2.30. The third-order valence-corrected chi connectivity index (χ3v) is 6.61. The van der Waals surface area contributed by atoms with E-state index in [2.05, 4.69) is 33.9 Å². The van der Waals surface area contributed by atoms with Gasteiger partial charge in [-0.05, 0) is 5.04 Å². The van der Waals surface area contributed by atoms with Gasteiger partial charge in [0.25, 0.3) is 0 Å². The molecule has 0 aliphatic rings. The number of rotatable bonds is 3. The first-order chi connectivity index (χ1) is 4.06. The van der Waals surface area contributed by atoms with Crippen LogP contribution in [0.25, 0.3) is 0 Å². The zero-order valence-electron chi connectivity index (χ0n) is 7.49. The molecule has 0 unspecified atom stereocenters. The van der Waals surface area contributed by atoms with Crippen molar-refractivity contribution in [3.05, 3.63) is 0 Å². The molecule has 0 aliphatic heterocycles. The summed E-state index contributed by atoms with van der Waals surface area (Å²) in [6.07, 6.45) is 2.74. The second-order valence-electron chi connectivity index (χ2n) is 3.52. The fourth-order valence-electron chi connectivity index (χ4n) is 1.07. The van der Waals surface area contributed by atoms with Gasteiger partial charge in [0, 0.05) is 8.80 Å². The van der Waals surface area contributed by atoms with Crippen LogP contribution in [0.4, 0.5) is 0 Å². The predicted molar refractivity (Wildman–Crippen MR) is 47.8 cm³/mol. The summed E-state index contributed by atoms with van der Waals surface area (Å²) >= 11 is 0. The highest BCUT2D eigenvalue weighted by Crippen LogP contribution is 2.36. The number of hydrogen-bond donors (Lipinski definition) is 0. The maximum Gasteiger partial charge on any atom is 0.0368 e. The summed E-state index contributed by atoms with van der Waals surface area (Å²) < 4.78 is 0. The molecule has 0 radical (unpaired) electrons. The molecule has 0 aromatic heterocycles. The summed E-state index contributed by atoms with van der Waals surface area (Å²) in [6, 6.07) is 0. The Morgan fingerprint density at radius 2 is 1.44 bits per heavy atom. The van der Waals surface area contributed by atoms with Crippen LogP contribution >= 0.6 is 0 Å². The fourth-order valence-corrected chi connectivity index (χ4v) is 2.70. The van der Waals surface area contributed by atoms with E-state index in [-0.39, 0.29) is 0 Å². The molecule has 0 aliphatic carbocycles. The fraction of sp³-hybridized carbons (Fsp3) is 1.00. The minimum atomic E-state index is -0.400. The van der Waals surface area contributed by atoms with Gasteiger partial charge in [-0.3, -0.25) is 0 Å². The van der Waals surface area contributed by atoms with E-state index in [9.17, 15) is 0 Å². The largest absolute Gasteiger partial charge is 0.0718 e. The van der Waals surface area contributed by atoms with Crippen molar-refractivity contribution in [2.45, 2.75) is 51.7 Å². The van der Waals surface area contributed by atoms with E-state index in [1.54, 1.807) is 0 Å². The van der Waals surface area contributed by atoms with E-state index >= 15 is 0 Å². The lowest BCUT2D eigenvalue weighted by atomic mass is 10.1. The second-order valence-corrected chi connectivity index (χ2v) is 7.22. The molecule has 0 bridgehead atoms. The molecule has 0 amide bonds. The Kier molecular flexibility index (Phi) is 3.48. The quantitative estimate of drug-likeness (QED) is 0.534. The minimum Gasteiger partial charge on any atom is -0.0718 e. The predicted octanol–water partition coefficient (Wildman–Crippen LogP) is 3.05. The van der Waals surface area contributed by atoms with Gasteiger partial charge in [0.15, 0.2) is 0 Å². The summed E-state index contributed by atoms with van der Waals surface area (Å²) in [6.45, 7) is 12.0.